The van der Waals surface area contributed by atoms with Gasteiger partial charge in [0.05, 0.1) is 0 Å². The average molecular weight is 294 g/mol. The standard InChI is InChI=1S/C19H22N2O/c1-13-8-9-14(2)17(12-13)20-19(22)15(3)21-11-10-16-6-4-5-7-18(16)21/h4-9,12,15H,10-11H2,1-3H3,(H,20,22)/t15-/m1/s1. The molecule has 0 fully saturated rings. The normalized spacial score (nSPS) is 14.6. The molecule has 1 aliphatic rings. The van der Waals surface area contributed by atoms with Crippen LogP contribution in [0.1, 0.15) is 23.6 Å². The van der Waals surface area contributed by atoms with E-state index < -0.39 is 0 Å². The van der Waals surface area contributed by atoms with E-state index in [-0.39, 0.29) is 11.9 Å². The van der Waals surface area contributed by atoms with Crippen LogP contribution >= 0.6 is 0 Å². The quantitative estimate of drug-likeness (QED) is 0.936. The number of fused-ring (bicyclic) bond motifs is 1. The van der Waals surface area contributed by atoms with E-state index in [9.17, 15) is 4.79 Å². The molecule has 0 radical (unpaired) electrons. The van der Waals surface area contributed by atoms with Crippen molar-refractivity contribution < 1.29 is 4.79 Å². The summed E-state index contributed by atoms with van der Waals surface area (Å²) < 4.78 is 0. The topological polar surface area (TPSA) is 32.3 Å². The van der Waals surface area contributed by atoms with Gasteiger partial charge in [-0.15, -0.1) is 0 Å². The number of anilines is 2. The Labute approximate surface area is 132 Å². The molecule has 3 rings (SSSR count). The van der Waals surface area contributed by atoms with Gasteiger partial charge in [-0.05, 0) is 56.0 Å². The van der Waals surface area contributed by atoms with E-state index in [0.717, 1.165) is 29.8 Å². The molecule has 0 unspecified atom stereocenters. The molecule has 1 N–H and O–H groups in total. The van der Waals surface area contributed by atoms with Crippen LogP contribution in [0.3, 0.4) is 0 Å². The minimum atomic E-state index is -0.177. The highest BCUT2D eigenvalue weighted by Crippen LogP contribution is 2.29. The molecular weight excluding hydrogens is 272 g/mol. The van der Waals surface area contributed by atoms with Crippen LogP contribution < -0.4 is 10.2 Å². The first-order valence-electron chi connectivity index (χ1n) is 7.79. The van der Waals surface area contributed by atoms with Gasteiger partial charge >= 0.3 is 0 Å². The van der Waals surface area contributed by atoms with Gasteiger partial charge in [-0.3, -0.25) is 4.79 Å². The lowest BCUT2D eigenvalue weighted by molar-refractivity contribution is -0.117. The summed E-state index contributed by atoms with van der Waals surface area (Å²) in [7, 11) is 0. The Bertz CT molecular complexity index is 708. The van der Waals surface area contributed by atoms with E-state index >= 15 is 0 Å². The van der Waals surface area contributed by atoms with Gasteiger partial charge in [-0.25, -0.2) is 0 Å². The zero-order valence-electron chi connectivity index (χ0n) is 13.4. The van der Waals surface area contributed by atoms with Crippen LogP contribution in [0.15, 0.2) is 42.5 Å². The Morgan fingerprint density at radius 2 is 1.95 bits per heavy atom. The second-order valence-electron chi connectivity index (χ2n) is 6.06. The van der Waals surface area contributed by atoms with Gasteiger partial charge in [-0.2, -0.15) is 0 Å². The van der Waals surface area contributed by atoms with Crippen molar-refractivity contribution in [2.24, 2.45) is 0 Å². The fourth-order valence-corrected chi connectivity index (χ4v) is 3.02. The van der Waals surface area contributed by atoms with Gasteiger partial charge in [0, 0.05) is 17.9 Å². The zero-order chi connectivity index (χ0) is 15.7. The van der Waals surface area contributed by atoms with E-state index in [4.69, 9.17) is 0 Å². The second kappa shape index (κ2) is 5.84. The minimum absolute atomic E-state index is 0.0467. The summed E-state index contributed by atoms with van der Waals surface area (Å²) >= 11 is 0. The fraction of sp³-hybridized carbons (Fsp3) is 0.316. The Morgan fingerprint density at radius 3 is 2.77 bits per heavy atom. The summed E-state index contributed by atoms with van der Waals surface area (Å²) in [5.41, 5.74) is 5.66. The van der Waals surface area contributed by atoms with Crippen LogP contribution in [0.2, 0.25) is 0 Å². The number of hydrogen-bond donors (Lipinski definition) is 1. The molecule has 0 aromatic heterocycles. The first kappa shape index (κ1) is 14.6. The number of carbonyl (C=O) groups excluding carboxylic acids is 1. The van der Waals surface area contributed by atoms with E-state index in [1.807, 2.05) is 39.0 Å². The van der Waals surface area contributed by atoms with Crippen molar-refractivity contribution in [3.8, 4) is 0 Å². The number of nitrogens with zero attached hydrogens (tertiary/aromatic N) is 1. The van der Waals surface area contributed by atoms with Crippen LogP contribution in [0, 0.1) is 13.8 Å². The van der Waals surface area contributed by atoms with Crippen molar-refractivity contribution in [3.05, 3.63) is 59.2 Å². The third-order valence-electron chi connectivity index (χ3n) is 4.42. The third-order valence-corrected chi connectivity index (χ3v) is 4.42. The maximum atomic E-state index is 12.6. The van der Waals surface area contributed by atoms with Crippen LogP contribution in [0.5, 0.6) is 0 Å². The molecular formula is C19H22N2O. The summed E-state index contributed by atoms with van der Waals surface area (Å²) in [6.45, 7) is 6.93. The first-order valence-corrected chi connectivity index (χ1v) is 7.79. The highest BCUT2D eigenvalue weighted by molar-refractivity contribution is 5.97. The molecule has 0 saturated heterocycles. The number of para-hydroxylation sites is 1. The number of benzene rings is 2. The molecule has 3 nitrogen and oxygen atoms in total. The summed E-state index contributed by atoms with van der Waals surface area (Å²) in [5.74, 6) is 0.0467. The van der Waals surface area contributed by atoms with Crippen LogP contribution in [0.25, 0.3) is 0 Å². The molecule has 1 aliphatic heterocycles. The number of amides is 1. The lowest BCUT2D eigenvalue weighted by Crippen LogP contribution is -2.41. The van der Waals surface area contributed by atoms with Crippen molar-refractivity contribution in [1.82, 2.24) is 0 Å². The molecule has 1 heterocycles. The monoisotopic (exact) mass is 294 g/mol. The van der Waals surface area contributed by atoms with Crippen LogP contribution in [0.4, 0.5) is 11.4 Å². The molecule has 0 spiro atoms. The minimum Gasteiger partial charge on any atom is -0.359 e. The molecule has 0 aliphatic carbocycles. The SMILES string of the molecule is Cc1ccc(C)c(NC(=O)[C@@H](C)N2CCc3ccccc32)c1. The maximum absolute atomic E-state index is 12.6. The van der Waals surface area contributed by atoms with E-state index in [1.54, 1.807) is 0 Å². The van der Waals surface area contributed by atoms with E-state index in [0.29, 0.717) is 0 Å². The third kappa shape index (κ3) is 2.71. The van der Waals surface area contributed by atoms with Gasteiger partial charge in [0.25, 0.3) is 0 Å². The maximum Gasteiger partial charge on any atom is 0.246 e. The lowest BCUT2D eigenvalue weighted by atomic mass is 10.1. The number of rotatable bonds is 3. The zero-order valence-corrected chi connectivity index (χ0v) is 13.4. The lowest BCUT2D eigenvalue weighted by Gasteiger charge is -2.26. The molecule has 1 amide bonds. The van der Waals surface area contributed by atoms with Crippen molar-refractivity contribution in [2.75, 3.05) is 16.8 Å². The molecule has 22 heavy (non-hydrogen) atoms. The second-order valence-corrected chi connectivity index (χ2v) is 6.06. The first-order chi connectivity index (χ1) is 10.6. The number of hydrogen-bond acceptors (Lipinski definition) is 2. The number of aryl methyl sites for hydroxylation is 2. The Hall–Kier alpha value is -2.29. The average Bonchev–Trinajstić information content (AvgIpc) is 2.94. The largest absolute Gasteiger partial charge is 0.359 e. The summed E-state index contributed by atoms with van der Waals surface area (Å²) in [6, 6.07) is 14.3. The molecule has 114 valence electrons. The summed E-state index contributed by atoms with van der Waals surface area (Å²) in [5, 5.41) is 3.08. The van der Waals surface area contributed by atoms with Crippen molar-refractivity contribution in [1.29, 1.82) is 0 Å². The molecule has 3 heteroatoms. The van der Waals surface area contributed by atoms with Crippen molar-refractivity contribution in [3.63, 3.8) is 0 Å². The highest BCUT2D eigenvalue weighted by atomic mass is 16.2. The highest BCUT2D eigenvalue weighted by Gasteiger charge is 2.27. The van der Waals surface area contributed by atoms with Crippen molar-refractivity contribution >= 4 is 17.3 Å². The van der Waals surface area contributed by atoms with Gasteiger partial charge in [0.15, 0.2) is 0 Å². The smallest absolute Gasteiger partial charge is 0.246 e. The predicted octanol–water partition coefficient (Wildman–Crippen LogP) is 3.69. The predicted molar refractivity (Wildman–Crippen MR) is 91.5 cm³/mol. The molecule has 0 bridgehead atoms. The van der Waals surface area contributed by atoms with Crippen LogP contribution in [-0.4, -0.2) is 18.5 Å². The molecule has 2 aromatic carbocycles. The molecule has 2 aromatic rings. The number of carbonyl (C=O) groups is 1. The molecule has 1 atom stereocenters. The van der Waals surface area contributed by atoms with Gasteiger partial charge in [0.2, 0.25) is 5.91 Å². The van der Waals surface area contributed by atoms with Gasteiger partial charge in [-0.1, -0.05) is 30.3 Å². The fourth-order valence-electron chi connectivity index (χ4n) is 3.02. The number of nitrogens with one attached hydrogen (secondary N) is 1. The van der Waals surface area contributed by atoms with Crippen molar-refractivity contribution in [2.45, 2.75) is 33.2 Å². The van der Waals surface area contributed by atoms with E-state index in [1.165, 1.54) is 11.3 Å². The van der Waals surface area contributed by atoms with Gasteiger partial charge < -0.3 is 10.2 Å². The van der Waals surface area contributed by atoms with Gasteiger partial charge in [0.1, 0.15) is 6.04 Å². The Kier molecular flexibility index (Phi) is 3.88. The Morgan fingerprint density at radius 1 is 1.18 bits per heavy atom. The molecule has 0 saturated carbocycles. The van der Waals surface area contributed by atoms with E-state index in [2.05, 4.69) is 34.5 Å². The summed E-state index contributed by atoms with van der Waals surface area (Å²) in [6.07, 6.45) is 1.01. The summed E-state index contributed by atoms with van der Waals surface area (Å²) in [4.78, 5) is 14.8. The Balaban J connectivity index is 1.77. The van der Waals surface area contributed by atoms with Crippen LogP contribution in [-0.2, 0) is 11.2 Å².